The fourth-order valence-corrected chi connectivity index (χ4v) is 2.81. The summed E-state index contributed by atoms with van der Waals surface area (Å²) in [6, 6.07) is 0. The van der Waals surface area contributed by atoms with Gasteiger partial charge in [0.25, 0.3) is 0 Å². The summed E-state index contributed by atoms with van der Waals surface area (Å²) in [6.45, 7) is 5.42. The van der Waals surface area contributed by atoms with Gasteiger partial charge in [0.1, 0.15) is 0 Å². The van der Waals surface area contributed by atoms with Gasteiger partial charge in [-0.2, -0.15) is 0 Å². The van der Waals surface area contributed by atoms with Crippen LogP contribution in [0.2, 0.25) is 0 Å². The molecule has 0 amide bonds. The first-order chi connectivity index (χ1) is 9.81. The van der Waals surface area contributed by atoms with Gasteiger partial charge in [-0.25, -0.2) is 0 Å². The van der Waals surface area contributed by atoms with E-state index in [-0.39, 0.29) is 0 Å². The van der Waals surface area contributed by atoms with Crippen molar-refractivity contribution in [2.24, 2.45) is 11.7 Å². The SMILES string of the molecule is CCCCCCCCCCCCCCCCC(C)CN. The Morgan fingerprint density at radius 1 is 0.600 bits per heavy atom. The minimum Gasteiger partial charge on any atom is -0.330 e. The minimum atomic E-state index is 0.729. The third-order valence-corrected chi connectivity index (χ3v) is 4.45. The van der Waals surface area contributed by atoms with E-state index in [1.807, 2.05) is 0 Å². The van der Waals surface area contributed by atoms with Crippen molar-refractivity contribution >= 4 is 0 Å². The average Bonchev–Trinajstić information content (AvgIpc) is 2.47. The molecule has 0 saturated heterocycles. The Bertz CT molecular complexity index is 167. The lowest BCUT2D eigenvalue weighted by atomic mass is 10.0. The molecule has 20 heavy (non-hydrogen) atoms. The van der Waals surface area contributed by atoms with Gasteiger partial charge in [-0.3, -0.25) is 0 Å². The molecule has 1 atom stereocenters. The van der Waals surface area contributed by atoms with Crippen LogP contribution in [0.25, 0.3) is 0 Å². The van der Waals surface area contributed by atoms with Gasteiger partial charge in [-0.1, -0.05) is 104 Å². The standard InChI is InChI=1S/C19H41N/c1-3-4-5-6-7-8-9-10-11-12-13-14-15-16-17-19(2)18-20/h19H,3-18,20H2,1-2H3. The summed E-state index contributed by atoms with van der Waals surface area (Å²) in [5, 5.41) is 0. The van der Waals surface area contributed by atoms with Gasteiger partial charge in [0.15, 0.2) is 0 Å². The number of unbranched alkanes of at least 4 members (excludes halogenated alkanes) is 13. The van der Waals surface area contributed by atoms with Crippen molar-refractivity contribution in [3.05, 3.63) is 0 Å². The smallest absolute Gasteiger partial charge is 0.00515 e. The van der Waals surface area contributed by atoms with E-state index in [4.69, 9.17) is 5.73 Å². The number of hydrogen-bond donors (Lipinski definition) is 1. The summed E-state index contributed by atoms with van der Waals surface area (Å²) in [5.74, 6) is 0.729. The lowest BCUT2D eigenvalue weighted by Crippen LogP contribution is -2.10. The lowest BCUT2D eigenvalue weighted by Gasteiger charge is -2.07. The molecule has 1 nitrogen and oxygen atoms in total. The van der Waals surface area contributed by atoms with Crippen molar-refractivity contribution in [1.82, 2.24) is 0 Å². The minimum absolute atomic E-state index is 0.729. The highest BCUT2D eigenvalue weighted by Crippen LogP contribution is 2.14. The summed E-state index contributed by atoms with van der Waals surface area (Å²) in [6.07, 6.45) is 21.6. The van der Waals surface area contributed by atoms with E-state index in [1.54, 1.807) is 0 Å². The molecule has 1 heteroatoms. The van der Waals surface area contributed by atoms with Crippen molar-refractivity contribution < 1.29 is 0 Å². The van der Waals surface area contributed by atoms with Gasteiger partial charge in [-0.05, 0) is 18.9 Å². The third-order valence-electron chi connectivity index (χ3n) is 4.45. The van der Waals surface area contributed by atoms with Crippen LogP contribution in [0.3, 0.4) is 0 Å². The largest absolute Gasteiger partial charge is 0.330 e. The van der Waals surface area contributed by atoms with Gasteiger partial charge >= 0.3 is 0 Å². The van der Waals surface area contributed by atoms with Crippen LogP contribution in [0.5, 0.6) is 0 Å². The molecule has 0 heterocycles. The zero-order valence-corrected chi connectivity index (χ0v) is 14.5. The van der Waals surface area contributed by atoms with Gasteiger partial charge in [0, 0.05) is 0 Å². The summed E-state index contributed by atoms with van der Waals surface area (Å²) >= 11 is 0. The Kier molecular flexibility index (Phi) is 17.0. The highest BCUT2D eigenvalue weighted by atomic mass is 14.5. The molecule has 0 bridgehead atoms. The molecule has 2 N–H and O–H groups in total. The molecule has 0 aliphatic carbocycles. The third kappa shape index (κ3) is 16.0. The molecular formula is C19H41N. The van der Waals surface area contributed by atoms with E-state index in [0.717, 1.165) is 12.5 Å². The van der Waals surface area contributed by atoms with Crippen LogP contribution in [0.1, 0.15) is 110 Å². The Balaban J connectivity index is 2.96. The Hall–Kier alpha value is -0.0400. The van der Waals surface area contributed by atoms with Crippen LogP contribution in [0.4, 0.5) is 0 Å². The van der Waals surface area contributed by atoms with Gasteiger partial charge in [0.2, 0.25) is 0 Å². The molecule has 1 unspecified atom stereocenters. The molecule has 0 fully saturated rings. The van der Waals surface area contributed by atoms with E-state index in [1.165, 1.54) is 96.3 Å². The van der Waals surface area contributed by atoms with Gasteiger partial charge in [0.05, 0.1) is 0 Å². The van der Waals surface area contributed by atoms with Crippen molar-refractivity contribution in [2.75, 3.05) is 6.54 Å². The number of rotatable bonds is 16. The average molecular weight is 284 g/mol. The second-order valence-corrected chi connectivity index (χ2v) is 6.73. The molecule has 0 spiro atoms. The summed E-state index contributed by atoms with van der Waals surface area (Å²) in [4.78, 5) is 0. The molecule has 0 radical (unpaired) electrons. The molecule has 0 aliphatic rings. The maximum atomic E-state index is 5.63. The van der Waals surface area contributed by atoms with Gasteiger partial charge < -0.3 is 5.73 Å². The predicted octanol–water partition coefficient (Wildman–Crippen LogP) is 6.45. The van der Waals surface area contributed by atoms with Crippen LogP contribution >= 0.6 is 0 Å². The van der Waals surface area contributed by atoms with Crippen molar-refractivity contribution in [3.8, 4) is 0 Å². The summed E-state index contributed by atoms with van der Waals surface area (Å²) < 4.78 is 0. The van der Waals surface area contributed by atoms with Gasteiger partial charge in [-0.15, -0.1) is 0 Å². The predicted molar refractivity (Wildman–Crippen MR) is 93.1 cm³/mol. The lowest BCUT2D eigenvalue weighted by molar-refractivity contribution is 0.485. The van der Waals surface area contributed by atoms with E-state index in [2.05, 4.69) is 13.8 Å². The first-order valence-electron chi connectivity index (χ1n) is 9.51. The van der Waals surface area contributed by atoms with E-state index in [0.29, 0.717) is 0 Å². The first kappa shape index (κ1) is 20.0. The maximum Gasteiger partial charge on any atom is -0.00515 e. The monoisotopic (exact) mass is 283 g/mol. The maximum absolute atomic E-state index is 5.63. The van der Waals surface area contributed by atoms with Crippen LogP contribution < -0.4 is 5.73 Å². The Morgan fingerprint density at radius 2 is 0.950 bits per heavy atom. The highest BCUT2D eigenvalue weighted by molar-refractivity contribution is 4.54. The van der Waals surface area contributed by atoms with Crippen LogP contribution in [-0.2, 0) is 0 Å². The second-order valence-electron chi connectivity index (χ2n) is 6.73. The van der Waals surface area contributed by atoms with Crippen LogP contribution in [0, 0.1) is 5.92 Å². The normalized spacial score (nSPS) is 12.8. The zero-order valence-electron chi connectivity index (χ0n) is 14.5. The second kappa shape index (κ2) is 17.0. The Labute approximate surface area is 129 Å². The van der Waals surface area contributed by atoms with Crippen LogP contribution in [0.15, 0.2) is 0 Å². The summed E-state index contributed by atoms with van der Waals surface area (Å²) in [7, 11) is 0. The first-order valence-corrected chi connectivity index (χ1v) is 9.51. The zero-order chi connectivity index (χ0) is 14.9. The molecule has 0 aromatic heterocycles. The molecule has 0 aliphatic heterocycles. The van der Waals surface area contributed by atoms with Crippen molar-refractivity contribution in [2.45, 2.75) is 110 Å². The molecule has 122 valence electrons. The fraction of sp³-hybridized carbons (Fsp3) is 1.00. The Morgan fingerprint density at radius 3 is 1.30 bits per heavy atom. The fourth-order valence-electron chi connectivity index (χ4n) is 2.81. The molecule has 0 aromatic carbocycles. The van der Waals surface area contributed by atoms with Crippen molar-refractivity contribution in [3.63, 3.8) is 0 Å². The topological polar surface area (TPSA) is 26.0 Å². The quantitative estimate of drug-likeness (QED) is 0.323. The highest BCUT2D eigenvalue weighted by Gasteiger charge is 1.98. The van der Waals surface area contributed by atoms with E-state index < -0.39 is 0 Å². The summed E-state index contributed by atoms with van der Waals surface area (Å²) in [5.41, 5.74) is 5.63. The van der Waals surface area contributed by atoms with Crippen molar-refractivity contribution in [1.29, 1.82) is 0 Å². The van der Waals surface area contributed by atoms with E-state index >= 15 is 0 Å². The molecule has 0 aromatic rings. The number of nitrogens with two attached hydrogens (primary N) is 1. The molecular weight excluding hydrogens is 242 g/mol. The number of hydrogen-bond acceptors (Lipinski definition) is 1. The van der Waals surface area contributed by atoms with Crippen LogP contribution in [-0.4, -0.2) is 6.54 Å². The van der Waals surface area contributed by atoms with E-state index in [9.17, 15) is 0 Å². The molecule has 0 saturated carbocycles. The molecule has 0 rings (SSSR count).